The van der Waals surface area contributed by atoms with Gasteiger partial charge in [0.25, 0.3) is 0 Å². The Bertz CT molecular complexity index is 885. The van der Waals surface area contributed by atoms with Crippen molar-refractivity contribution in [2.75, 3.05) is 33.3 Å². The molecule has 5 atom stereocenters. The van der Waals surface area contributed by atoms with Gasteiger partial charge in [-0.1, -0.05) is 43.6 Å². The molecule has 0 aromatic rings. The Morgan fingerprint density at radius 1 is 1.00 bits per heavy atom. The number of hydrogen-bond donors (Lipinski definition) is 1. The Labute approximate surface area is 206 Å². The second-order valence-electron chi connectivity index (χ2n) is 10.5. The third-order valence-corrected chi connectivity index (χ3v) is 10.2. The van der Waals surface area contributed by atoms with Crippen LogP contribution >= 0.6 is 11.8 Å². The van der Waals surface area contributed by atoms with Crippen LogP contribution in [0.4, 0.5) is 0 Å². The van der Waals surface area contributed by atoms with E-state index >= 15 is 0 Å². The molecule has 1 N–H and O–H groups in total. The first-order chi connectivity index (χ1) is 16.5. The van der Waals surface area contributed by atoms with Crippen molar-refractivity contribution in [2.24, 2.45) is 11.8 Å². The van der Waals surface area contributed by atoms with E-state index in [1.165, 1.54) is 6.42 Å². The van der Waals surface area contributed by atoms with Crippen LogP contribution in [0.2, 0.25) is 0 Å². The highest BCUT2D eigenvalue weighted by Crippen LogP contribution is 2.61. The Kier molecular flexibility index (Phi) is 6.81. The molecule has 34 heavy (non-hydrogen) atoms. The molecule has 1 aliphatic carbocycles. The number of hydrogen-bond acceptors (Lipinski definition) is 5. The molecule has 1 spiro atoms. The van der Waals surface area contributed by atoms with E-state index in [1.54, 1.807) is 28.6 Å². The molecule has 2 saturated heterocycles. The van der Waals surface area contributed by atoms with Gasteiger partial charge in [-0.15, -0.1) is 11.8 Å². The van der Waals surface area contributed by atoms with Crippen molar-refractivity contribution in [3.63, 3.8) is 0 Å². The molecule has 0 radical (unpaired) electrons. The molecule has 0 aromatic heterocycles. The zero-order valence-corrected chi connectivity index (χ0v) is 20.9. The SMILES string of the molecule is CN1CC=C[C@H]2S[C@]34C=CCN(C5CCCCC5)C(=O)C3N(CCCCCO)C(=O)[C@@H]4[C@H]2C1=O. The molecule has 5 rings (SSSR count). The number of unbranched alkanes of at least 4 members (excludes halogenated alkanes) is 2. The first-order valence-electron chi connectivity index (χ1n) is 13.0. The number of aliphatic hydroxyl groups is 1. The summed E-state index contributed by atoms with van der Waals surface area (Å²) in [5, 5.41) is 9.10. The summed E-state index contributed by atoms with van der Waals surface area (Å²) < 4.78 is -0.706. The van der Waals surface area contributed by atoms with Crippen molar-refractivity contribution in [1.29, 1.82) is 0 Å². The summed E-state index contributed by atoms with van der Waals surface area (Å²) in [6.07, 6.45) is 16.1. The molecule has 3 fully saturated rings. The summed E-state index contributed by atoms with van der Waals surface area (Å²) in [6, 6.07) is -0.334. The van der Waals surface area contributed by atoms with Gasteiger partial charge in [-0.3, -0.25) is 14.4 Å². The van der Waals surface area contributed by atoms with Crippen LogP contribution in [0, 0.1) is 11.8 Å². The first kappa shape index (κ1) is 23.9. The largest absolute Gasteiger partial charge is 0.396 e. The maximum atomic E-state index is 14.3. The van der Waals surface area contributed by atoms with Crippen molar-refractivity contribution in [3.05, 3.63) is 24.3 Å². The van der Waals surface area contributed by atoms with Crippen LogP contribution in [0.5, 0.6) is 0 Å². The van der Waals surface area contributed by atoms with E-state index in [0.29, 0.717) is 26.1 Å². The minimum absolute atomic E-state index is 0.00726. The fourth-order valence-corrected chi connectivity index (χ4v) is 8.82. The zero-order valence-electron chi connectivity index (χ0n) is 20.1. The van der Waals surface area contributed by atoms with Gasteiger partial charge < -0.3 is 19.8 Å². The molecule has 7 nitrogen and oxygen atoms in total. The highest BCUT2D eigenvalue weighted by Gasteiger charge is 2.70. The highest BCUT2D eigenvalue weighted by molar-refractivity contribution is 8.02. The van der Waals surface area contributed by atoms with E-state index in [1.807, 2.05) is 11.0 Å². The van der Waals surface area contributed by atoms with Crippen molar-refractivity contribution in [3.8, 4) is 0 Å². The molecule has 0 aromatic carbocycles. The predicted molar refractivity (Wildman–Crippen MR) is 132 cm³/mol. The standard InChI is InChI=1S/C26H37N3O4S/c1-27-14-8-12-19-20(23(27)31)21-24(32)29(15-6-3-7-17-30)22-25(33)28(18-10-4-2-5-11-18)16-9-13-26(21,22)34-19/h8-9,12-13,18-22,30H,2-7,10-11,14-17H2,1H3/t19-,20+,21+,22?,26+/m1/s1. The maximum Gasteiger partial charge on any atom is 0.247 e. The number of thioether (sulfide) groups is 1. The zero-order chi connectivity index (χ0) is 23.9. The molecule has 3 amide bonds. The number of aliphatic hydroxyl groups excluding tert-OH is 1. The number of likely N-dealkylation sites (tertiary alicyclic amines) is 1. The van der Waals surface area contributed by atoms with Crippen LogP contribution in [0.3, 0.4) is 0 Å². The Balaban J connectivity index is 1.52. The van der Waals surface area contributed by atoms with Crippen molar-refractivity contribution >= 4 is 29.5 Å². The smallest absolute Gasteiger partial charge is 0.247 e. The van der Waals surface area contributed by atoms with Gasteiger partial charge in [0, 0.05) is 44.6 Å². The van der Waals surface area contributed by atoms with Crippen LogP contribution in [0.15, 0.2) is 24.3 Å². The van der Waals surface area contributed by atoms with Crippen LogP contribution in [0.25, 0.3) is 0 Å². The summed E-state index contributed by atoms with van der Waals surface area (Å²) in [5.41, 5.74) is 0. The van der Waals surface area contributed by atoms with Crippen LogP contribution in [-0.2, 0) is 14.4 Å². The van der Waals surface area contributed by atoms with Crippen molar-refractivity contribution in [1.82, 2.24) is 14.7 Å². The lowest BCUT2D eigenvalue weighted by Crippen LogP contribution is -2.55. The lowest BCUT2D eigenvalue weighted by atomic mass is 9.78. The quantitative estimate of drug-likeness (QED) is 0.459. The summed E-state index contributed by atoms with van der Waals surface area (Å²) in [4.78, 5) is 47.3. The first-order valence-corrected chi connectivity index (χ1v) is 13.9. The van der Waals surface area contributed by atoms with E-state index in [0.717, 1.165) is 38.5 Å². The van der Waals surface area contributed by atoms with Crippen LogP contribution < -0.4 is 0 Å². The summed E-state index contributed by atoms with van der Waals surface area (Å²) in [7, 11) is 1.80. The van der Waals surface area contributed by atoms with E-state index < -0.39 is 22.6 Å². The van der Waals surface area contributed by atoms with Gasteiger partial charge in [0.05, 0.1) is 16.6 Å². The average molecular weight is 488 g/mol. The van der Waals surface area contributed by atoms with Gasteiger partial charge in [-0.05, 0) is 32.1 Å². The summed E-state index contributed by atoms with van der Waals surface area (Å²) >= 11 is 1.66. The molecule has 1 saturated carbocycles. The van der Waals surface area contributed by atoms with E-state index in [4.69, 9.17) is 0 Å². The maximum absolute atomic E-state index is 14.3. The molecule has 186 valence electrons. The fraction of sp³-hybridized carbons (Fsp3) is 0.731. The lowest BCUT2D eigenvalue weighted by Gasteiger charge is -2.39. The van der Waals surface area contributed by atoms with Gasteiger partial charge >= 0.3 is 0 Å². The molecule has 0 bridgehead atoms. The monoisotopic (exact) mass is 487 g/mol. The normalized spacial score (nSPS) is 35.9. The van der Waals surface area contributed by atoms with Gasteiger partial charge in [-0.25, -0.2) is 0 Å². The molecule has 5 aliphatic rings. The van der Waals surface area contributed by atoms with Gasteiger partial charge in [0.2, 0.25) is 17.7 Å². The molecule has 1 unspecified atom stereocenters. The molecular formula is C26H37N3O4S. The van der Waals surface area contributed by atoms with Crippen LogP contribution in [-0.4, -0.2) is 92.9 Å². The third-order valence-electron chi connectivity index (χ3n) is 8.46. The summed E-state index contributed by atoms with van der Waals surface area (Å²) in [5.74, 6) is -0.939. The van der Waals surface area contributed by atoms with Gasteiger partial charge in [0.15, 0.2) is 0 Å². The minimum Gasteiger partial charge on any atom is -0.396 e. The number of carbonyl (C=O) groups excluding carboxylic acids is 3. The fourth-order valence-electron chi connectivity index (χ4n) is 6.81. The number of amides is 3. The molecule has 4 aliphatic heterocycles. The van der Waals surface area contributed by atoms with Crippen molar-refractivity contribution in [2.45, 2.75) is 73.4 Å². The van der Waals surface area contributed by atoms with Crippen LogP contribution in [0.1, 0.15) is 51.4 Å². The molecular weight excluding hydrogens is 450 g/mol. The predicted octanol–water partition coefficient (Wildman–Crippen LogP) is 2.21. The second-order valence-corrected chi connectivity index (χ2v) is 12.0. The number of fused-ring (bicyclic) bond motifs is 2. The van der Waals surface area contributed by atoms with E-state index in [9.17, 15) is 19.5 Å². The average Bonchev–Trinajstić information content (AvgIpc) is 3.16. The number of nitrogens with zero attached hydrogens (tertiary/aromatic N) is 3. The Hall–Kier alpha value is -1.80. The third kappa shape index (κ3) is 3.81. The Morgan fingerprint density at radius 2 is 1.79 bits per heavy atom. The van der Waals surface area contributed by atoms with E-state index in [-0.39, 0.29) is 35.6 Å². The van der Waals surface area contributed by atoms with Gasteiger partial charge in [-0.2, -0.15) is 0 Å². The summed E-state index contributed by atoms with van der Waals surface area (Å²) in [6.45, 7) is 1.77. The molecule has 4 heterocycles. The highest BCUT2D eigenvalue weighted by atomic mass is 32.2. The lowest BCUT2D eigenvalue weighted by molar-refractivity contribution is -0.145. The Morgan fingerprint density at radius 3 is 2.56 bits per heavy atom. The van der Waals surface area contributed by atoms with Gasteiger partial charge in [0.1, 0.15) is 6.04 Å². The number of likely N-dealkylation sites (N-methyl/N-ethyl adjacent to an activating group) is 1. The topological polar surface area (TPSA) is 81.2 Å². The number of rotatable bonds is 6. The van der Waals surface area contributed by atoms with Crippen molar-refractivity contribution < 1.29 is 19.5 Å². The molecule has 8 heteroatoms. The second kappa shape index (κ2) is 9.69. The minimum atomic E-state index is -0.706. The van der Waals surface area contributed by atoms with E-state index in [2.05, 4.69) is 18.2 Å². The number of carbonyl (C=O) groups is 3.